The number of aromatic nitrogens is 3. The molecule has 0 bridgehead atoms. The molecule has 23 heavy (non-hydrogen) atoms. The number of aromatic amines is 1. The highest BCUT2D eigenvalue weighted by Gasteiger charge is 1.94. The predicted molar refractivity (Wildman–Crippen MR) is 98.4 cm³/mol. The van der Waals surface area contributed by atoms with E-state index in [-0.39, 0.29) is 0 Å². The van der Waals surface area contributed by atoms with Gasteiger partial charge in [-0.25, -0.2) is 0 Å². The summed E-state index contributed by atoms with van der Waals surface area (Å²) in [5.74, 6) is 0. The first-order valence-electron chi connectivity index (χ1n) is 9.28. The van der Waals surface area contributed by atoms with Gasteiger partial charge >= 0.3 is 0 Å². The zero-order chi connectivity index (χ0) is 16.4. The van der Waals surface area contributed by atoms with Gasteiger partial charge in [0.1, 0.15) is 0 Å². The minimum Gasteiger partial charge on any atom is -0.266 e. The van der Waals surface area contributed by atoms with E-state index in [0.717, 1.165) is 0 Å². The molecule has 0 aliphatic rings. The smallest absolute Gasteiger partial charge is 0.0690 e. The van der Waals surface area contributed by atoms with Crippen molar-refractivity contribution in [1.82, 2.24) is 15.4 Å². The summed E-state index contributed by atoms with van der Waals surface area (Å²) >= 11 is 0. The standard InChI is InChI=1S/C18H30.C2H3N3/c1-2-3-4-5-6-7-8-9-10-12-15-18-16-13-11-14-17-18;1-2-4-5-3-1/h11,13-14,16-17H,2-10,12,15H2,1H3;1-2H,(H,3,4,5). The fourth-order valence-electron chi connectivity index (χ4n) is 2.63. The Morgan fingerprint density at radius 2 is 1.39 bits per heavy atom. The summed E-state index contributed by atoms with van der Waals surface area (Å²) < 4.78 is 0. The first kappa shape index (κ1) is 19.4. The van der Waals surface area contributed by atoms with E-state index in [4.69, 9.17) is 0 Å². The number of aryl methyl sites for hydroxylation is 1. The van der Waals surface area contributed by atoms with E-state index in [9.17, 15) is 0 Å². The third-order valence-electron chi connectivity index (χ3n) is 3.99. The maximum atomic E-state index is 3.42. The van der Waals surface area contributed by atoms with Crippen molar-refractivity contribution in [2.75, 3.05) is 0 Å². The van der Waals surface area contributed by atoms with E-state index < -0.39 is 0 Å². The van der Waals surface area contributed by atoms with E-state index in [0.29, 0.717) is 0 Å². The number of benzene rings is 1. The molecule has 0 aliphatic heterocycles. The van der Waals surface area contributed by atoms with E-state index in [2.05, 4.69) is 52.7 Å². The van der Waals surface area contributed by atoms with Crippen LogP contribution in [0.2, 0.25) is 0 Å². The van der Waals surface area contributed by atoms with E-state index in [1.54, 1.807) is 12.4 Å². The molecule has 1 aromatic heterocycles. The molecule has 2 aromatic rings. The SMILES string of the molecule is CCCCCCCCCCCCc1ccccc1.c1c[nH]nn1. The summed E-state index contributed by atoms with van der Waals surface area (Å²) in [4.78, 5) is 0. The van der Waals surface area contributed by atoms with Crippen LogP contribution in [-0.4, -0.2) is 15.4 Å². The Kier molecular flexibility index (Phi) is 12.9. The zero-order valence-corrected chi connectivity index (χ0v) is 14.7. The Hall–Kier alpha value is -1.64. The van der Waals surface area contributed by atoms with E-state index in [1.165, 1.54) is 76.2 Å². The average molecular weight is 316 g/mol. The molecule has 3 nitrogen and oxygen atoms in total. The molecule has 0 amide bonds. The molecule has 0 fully saturated rings. The minimum atomic E-state index is 1.26. The summed E-state index contributed by atoms with van der Waals surface area (Å²) in [7, 11) is 0. The predicted octanol–water partition coefficient (Wildman–Crippen LogP) is 5.95. The number of hydrogen-bond donors (Lipinski definition) is 1. The van der Waals surface area contributed by atoms with Gasteiger partial charge in [-0.15, -0.1) is 5.10 Å². The second-order valence-electron chi connectivity index (χ2n) is 6.08. The van der Waals surface area contributed by atoms with Gasteiger partial charge < -0.3 is 0 Å². The largest absolute Gasteiger partial charge is 0.266 e. The van der Waals surface area contributed by atoms with Gasteiger partial charge in [0, 0.05) is 6.20 Å². The van der Waals surface area contributed by atoms with Crippen molar-refractivity contribution in [3.8, 4) is 0 Å². The molecule has 1 N–H and O–H groups in total. The summed E-state index contributed by atoms with van der Waals surface area (Å²) in [5, 5.41) is 9.26. The number of nitrogens with zero attached hydrogens (tertiary/aromatic N) is 2. The summed E-state index contributed by atoms with van der Waals surface area (Å²) in [5.41, 5.74) is 1.50. The van der Waals surface area contributed by atoms with Crippen LogP contribution in [0.1, 0.15) is 76.7 Å². The lowest BCUT2D eigenvalue weighted by molar-refractivity contribution is 0.556. The third kappa shape index (κ3) is 12.6. The van der Waals surface area contributed by atoms with Gasteiger partial charge in [0.2, 0.25) is 0 Å². The first-order chi connectivity index (χ1) is 11.4. The molecule has 2 rings (SSSR count). The molecule has 0 atom stereocenters. The maximum Gasteiger partial charge on any atom is 0.0690 e. The van der Waals surface area contributed by atoms with Crippen molar-refractivity contribution in [2.45, 2.75) is 77.6 Å². The highest BCUT2D eigenvalue weighted by Crippen LogP contribution is 2.12. The molecule has 0 unspecified atom stereocenters. The molecular weight excluding hydrogens is 282 g/mol. The lowest BCUT2D eigenvalue weighted by Crippen LogP contribution is -1.86. The second kappa shape index (κ2) is 15.3. The number of H-pyrrole nitrogens is 1. The Balaban J connectivity index is 0.000000446. The molecule has 1 heterocycles. The van der Waals surface area contributed by atoms with Crippen LogP contribution in [0.15, 0.2) is 42.7 Å². The van der Waals surface area contributed by atoms with Gasteiger partial charge in [-0.3, -0.25) is 5.10 Å². The molecule has 128 valence electrons. The van der Waals surface area contributed by atoms with Gasteiger partial charge in [0.05, 0.1) is 6.20 Å². The van der Waals surface area contributed by atoms with E-state index >= 15 is 0 Å². The fraction of sp³-hybridized carbons (Fsp3) is 0.600. The molecule has 3 heteroatoms. The van der Waals surface area contributed by atoms with Crippen molar-refractivity contribution < 1.29 is 0 Å². The van der Waals surface area contributed by atoms with Crippen LogP contribution < -0.4 is 0 Å². The highest BCUT2D eigenvalue weighted by molar-refractivity contribution is 5.14. The lowest BCUT2D eigenvalue weighted by atomic mass is 10.0. The molecule has 0 saturated heterocycles. The quantitative estimate of drug-likeness (QED) is 0.520. The van der Waals surface area contributed by atoms with Crippen LogP contribution in [0.4, 0.5) is 0 Å². The molecule has 0 aliphatic carbocycles. The molecule has 0 saturated carbocycles. The topological polar surface area (TPSA) is 41.6 Å². The fourth-order valence-corrected chi connectivity index (χ4v) is 2.63. The van der Waals surface area contributed by atoms with Gasteiger partial charge in [-0.2, -0.15) is 0 Å². The number of hydrogen-bond acceptors (Lipinski definition) is 2. The third-order valence-corrected chi connectivity index (χ3v) is 3.99. The van der Waals surface area contributed by atoms with Crippen molar-refractivity contribution in [2.24, 2.45) is 0 Å². The van der Waals surface area contributed by atoms with Gasteiger partial charge in [0.25, 0.3) is 0 Å². The highest BCUT2D eigenvalue weighted by atomic mass is 15.3. The zero-order valence-electron chi connectivity index (χ0n) is 14.7. The summed E-state index contributed by atoms with van der Waals surface area (Å²) in [6.07, 6.45) is 18.7. The molecule has 0 spiro atoms. The van der Waals surface area contributed by atoms with Crippen LogP contribution in [-0.2, 0) is 6.42 Å². The Labute approximate surface area is 141 Å². The summed E-state index contributed by atoms with van der Waals surface area (Å²) in [6.45, 7) is 2.28. The number of unbranched alkanes of at least 4 members (excludes halogenated alkanes) is 9. The van der Waals surface area contributed by atoms with Crippen LogP contribution in [0.25, 0.3) is 0 Å². The number of nitrogens with one attached hydrogen (secondary N) is 1. The van der Waals surface area contributed by atoms with Gasteiger partial charge in [-0.05, 0) is 18.4 Å². The Bertz CT molecular complexity index is 408. The van der Waals surface area contributed by atoms with Crippen molar-refractivity contribution >= 4 is 0 Å². The van der Waals surface area contributed by atoms with Gasteiger partial charge in [-0.1, -0.05) is 100 Å². The Morgan fingerprint density at radius 1 is 0.783 bits per heavy atom. The molecule has 1 aromatic carbocycles. The van der Waals surface area contributed by atoms with Gasteiger partial charge in [0.15, 0.2) is 0 Å². The van der Waals surface area contributed by atoms with Crippen molar-refractivity contribution in [1.29, 1.82) is 0 Å². The van der Waals surface area contributed by atoms with Crippen LogP contribution in [0.3, 0.4) is 0 Å². The van der Waals surface area contributed by atoms with Crippen molar-refractivity contribution in [3.05, 3.63) is 48.3 Å². The van der Waals surface area contributed by atoms with Crippen LogP contribution >= 0.6 is 0 Å². The first-order valence-corrected chi connectivity index (χ1v) is 9.28. The minimum absolute atomic E-state index is 1.26. The average Bonchev–Trinajstić information content (AvgIpc) is 3.17. The normalized spacial score (nSPS) is 10.1. The lowest BCUT2D eigenvalue weighted by Gasteiger charge is -2.03. The maximum absolute atomic E-state index is 3.42. The summed E-state index contributed by atoms with van der Waals surface area (Å²) in [6, 6.07) is 10.9. The molecule has 0 radical (unpaired) electrons. The van der Waals surface area contributed by atoms with Crippen molar-refractivity contribution in [3.63, 3.8) is 0 Å². The number of rotatable bonds is 11. The molecular formula is C20H33N3. The monoisotopic (exact) mass is 315 g/mol. The Morgan fingerprint density at radius 3 is 1.87 bits per heavy atom. The van der Waals surface area contributed by atoms with Crippen LogP contribution in [0.5, 0.6) is 0 Å². The van der Waals surface area contributed by atoms with Crippen LogP contribution in [0, 0.1) is 0 Å². The van der Waals surface area contributed by atoms with E-state index in [1.807, 2.05) is 0 Å². The second-order valence-corrected chi connectivity index (χ2v) is 6.08.